The predicted molar refractivity (Wildman–Crippen MR) is 116 cm³/mol. The second kappa shape index (κ2) is 9.39. The van der Waals surface area contributed by atoms with Gasteiger partial charge in [-0.2, -0.15) is 10.4 Å². The van der Waals surface area contributed by atoms with Gasteiger partial charge in [-0.3, -0.25) is 4.79 Å². The monoisotopic (exact) mass is 418 g/mol. The van der Waals surface area contributed by atoms with Crippen molar-refractivity contribution in [1.29, 1.82) is 5.26 Å². The molecule has 3 aromatic rings. The van der Waals surface area contributed by atoms with Crippen LogP contribution in [0.4, 0.5) is 16.0 Å². The molecule has 1 unspecified atom stereocenters. The summed E-state index contributed by atoms with van der Waals surface area (Å²) < 4.78 is 14.9. The Balaban J connectivity index is 1.50. The highest BCUT2D eigenvalue weighted by molar-refractivity contribution is 5.42. The number of benzene rings is 1. The van der Waals surface area contributed by atoms with Crippen LogP contribution in [0.5, 0.6) is 0 Å². The number of nitrogens with one attached hydrogen (secondary N) is 1. The molecule has 0 saturated carbocycles. The molecule has 8 heteroatoms. The second-order valence-electron chi connectivity index (χ2n) is 7.59. The van der Waals surface area contributed by atoms with Crippen molar-refractivity contribution in [1.82, 2.24) is 14.8 Å². The van der Waals surface area contributed by atoms with Gasteiger partial charge in [-0.15, -0.1) is 0 Å². The van der Waals surface area contributed by atoms with Crippen LogP contribution >= 0.6 is 0 Å². The molecule has 3 heterocycles. The van der Waals surface area contributed by atoms with Crippen molar-refractivity contribution >= 4 is 11.6 Å². The lowest BCUT2D eigenvalue weighted by molar-refractivity contribution is 0.462. The third kappa shape index (κ3) is 5.07. The van der Waals surface area contributed by atoms with E-state index in [0.717, 1.165) is 31.6 Å². The average molecular weight is 418 g/mol. The molecule has 0 bridgehead atoms. The van der Waals surface area contributed by atoms with Crippen LogP contribution in [0.3, 0.4) is 0 Å². The minimum absolute atomic E-state index is 0.193. The first-order chi connectivity index (χ1) is 15.1. The summed E-state index contributed by atoms with van der Waals surface area (Å²) in [7, 11) is 0. The Morgan fingerprint density at radius 1 is 1.19 bits per heavy atom. The van der Waals surface area contributed by atoms with Crippen molar-refractivity contribution in [2.24, 2.45) is 0 Å². The Kier molecular flexibility index (Phi) is 6.22. The van der Waals surface area contributed by atoms with Gasteiger partial charge in [-0.05, 0) is 55.2 Å². The number of hydrogen-bond donors (Lipinski definition) is 1. The van der Waals surface area contributed by atoms with E-state index in [-0.39, 0.29) is 24.0 Å². The summed E-state index contributed by atoms with van der Waals surface area (Å²) in [6, 6.07) is 15.3. The molecule has 0 radical (unpaired) electrons. The molecule has 4 rings (SSSR count). The third-order valence-corrected chi connectivity index (χ3v) is 5.41. The molecular weight excluding hydrogens is 395 g/mol. The van der Waals surface area contributed by atoms with Crippen LogP contribution in [-0.4, -0.2) is 33.9 Å². The van der Waals surface area contributed by atoms with E-state index in [1.807, 2.05) is 0 Å². The van der Waals surface area contributed by atoms with Crippen LogP contribution in [-0.2, 0) is 6.54 Å². The van der Waals surface area contributed by atoms with E-state index in [0.29, 0.717) is 23.5 Å². The highest BCUT2D eigenvalue weighted by atomic mass is 19.1. The van der Waals surface area contributed by atoms with Gasteiger partial charge < -0.3 is 10.2 Å². The summed E-state index contributed by atoms with van der Waals surface area (Å²) >= 11 is 0. The fourth-order valence-corrected chi connectivity index (χ4v) is 3.81. The highest BCUT2D eigenvalue weighted by Gasteiger charge is 2.24. The molecule has 1 fully saturated rings. The quantitative estimate of drug-likeness (QED) is 0.662. The summed E-state index contributed by atoms with van der Waals surface area (Å²) in [6.45, 7) is 1.73. The normalized spacial score (nSPS) is 16.0. The third-order valence-electron chi connectivity index (χ3n) is 5.41. The maximum absolute atomic E-state index is 13.5. The van der Waals surface area contributed by atoms with Crippen molar-refractivity contribution in [2.45, 2.75) is 31.8 Å². The first kappa shape index (κ1) is 20.5. The Hall–Kier alpha value is -3.73. The number of nitrogens with zero attached hydrogens (tertiary/aromatic N) is 5. The van der Waals surface area contributed by atoms with E-state index < -0.39 is 0 Å². The zero-order valence-electron chi connectivity index (χ0n) is 17.0. The van der Waals surface area contributed by atoms with E-state index in [2.05, 4.69) is 26.4 Å². The lowest BCUT2D eigenvalue weighted by atomic mass is 10.0. The van der Waals surface area contributed by atoms with Crippen LogP contribution in [0.15, 0.2) is 59.5 Å². The Labute approximate surface area is 179 Å². The van der Waals surface area contributed by atoms with E-state index in [9.17, 15) is 9.18 Å². The molecule has 158 valence electrons. The van der Waals surface area contributed by atoms with Crippen LogP contribution in [0.1, 0.15) is 30.4 Å². The minimum Gasteiger partial charge on any atom is -0.368 e. The van der Waals surface area contributed by atoms with Gasteiger partial charge in [-0.25, -0.2) is 14.1 Å². The lowest BCUT2D eigenvalue weighted by Crippen LogP contribution is -2.45. The zero-order valence-corrected chi connectivity index (χ0v) is 17.0. The molecule has 0 amide bonds. The van der Waals surface area contributed by atoms with Crippen molar-refractivity contribution in [3.8, 4) is 6.07 Å². The van der Waals surface area contributed by atoms with Crippen molar-refractivity contribution in [3.63, 3.8) is 0 Å². The largest absolute Gasteiger partial charge is 0.368 e. The highest BCUT2D eigenvalue weighted by Crippen LogP contribution is 2.23. The van der Waals surface area contributed by atoms with Gasteiger partial charge in [0.2, 0.25) is 0 Å². The molecule has 1 aliphatic heterocycles. The van der Waals surface area contributed by atoms with E-state index in [4.69, 9.17) is 5.26 Å². The molecular formula is C23H23FN6O. The topological polar surface area (TPSA) is 86.8 Å². The number of anilines is 2. The average Bonchev–Trinajstić information content (AvgIpc) is 2.80. The van der Waals surface area contributed by atoms with Crippen LogP contribution in [0.2, 0.25) is 0 Å². The molecule has 7 nitrogen and oxygen atoms in total. The molecule has 0 aliphatic carbocycles. The van der Waals surface area contributed by atoms with Crippen LogP contribution < -0.4 is 15.8 Å². The Morgan fingerprint density at radius 2 is 2.10 bits per heavy atom. The van der Waals surface area contributed by atoms with Crippen molar-refractivity contribution < 1.29 is 4.39 Å². The maximum atomic E-state index is 13.5. The van der Waals surface area contributed by atoms with E-state index in [1.54, 1.807) is 36.5 Å². The summed E-state index contributed by atoms with van der Waals surface area (Å²) in [5.41, 5.74) is 0.992. The fraction of sp³-hybridized carbons (Fsp3) is 0.304. The standard InChI is InChI=1S/C23H23FN6O/c24-19-5-3-4-17(12-19)16-30-23(31)10-9-22(28-30)29-11-2-1-6-20(29)15-27-21-8-7-18(13-25)14-26-21/h3-5,7-10,12,14,20H,1-2,6,11,15-16H2,(H,26,27). The number of pyridine rings is 1. The maximum Gasteiger partial charge on any atom is 0.267 e. The summed E-state index contributed by atoms with van der Waals surface area (Å²) in [5.74, 6) is 1.11. The zero-order chi connectivity index (χ0) is 21.6. The number of hydrogen-bond acceptors (Lipinski definition) is 6. The molecule has 1 aromatic carbocycles. The number of nitriles is 1. The van der Waals surface area contributed by atoms with E-state index in [1.165, 1.54) is 22.9 Å². The fourth-order valence-electron chi connectivity index (χ4n) is 3.81. The van der Waals surface area contributed by atoms with Crippen LogP contribution in [0.25, 0.3) is 0 Å². The number of halogens is 1. The summed E-state index contributed by atoms with van der Waals surface area (Å²) in [5, 5.41) is 16.8. The molecule has 0 spiro atoms. The molecule has 1 aliphatic rings. The second-order valence-corrected chi connectivity index (χ2v) is 7.59. The Morgan fingerprint density at radius 3 is 2.87 bits per heavy atom. The van der Waals surface area contributed by atoms with E-state index >= 15 is 0 Å². The number of rotatable bonds is 6. The van der Waals surface area contributed by atoms with Gasteiger partial charge >= 0.3 is 0 Å². The first-order valence-electron chi connectivity index (χ1n) is 10.3. The minimum atomic E-state index is -0.333. The molecule has 1 atom stereocenters. The molecule has 1 saturated heterocycles. The van der Waals surface area contributed by atoms with Crippen molar-refractivity contribution in [3.05, 3.63) is 82.0 Å². The summed E-state index contributed by atoms with van der Waals surface area (Å²) in [6.07, 6.45) is 4.71. The Bertz CT molecular complexity index is 1140. The van der Waals surface area contributed by atoms with Gasteiger partial charge in [0.05, 0.1) is 12.1 Å². The van der Waals surface area contributed by atoms with Gasteiger partial charge in [0.15, 0.2) is 0 Å². The predicted octanol–water partition coefficient (Wildman–Crippen LogP) is 3.17. The molecule has 2 aromatic heterocycles. The van der Waals surface area contributed by atoms with Gasteiger partial charge in [-0.1, -0.05) is 12.1 Å². The van der Waals surface area contributed by atoms with Gasteiger partial charge in [0.1, 0.15) is 23.5 Å². The van der Waals surface area contributed by atoms with Gasteiger partial charge in [0, 0.05) is 31.4 Å². The van der Waals surface area contributed by atoms with Crippen LogP contribution in [0, 0.1) is 17.1 Å². The lowest BCUT2D eigenvalue weighted by Gasteiger charge is -2.36. The molecule has 31 heavy (non-hydrogen) atoms. The summed E-state index contributed by atoms with van der Waals surface area (Å²) in [4.78, 5) is 18.8. The molecule has 1 N–H and O–H groups in total. The number of aromatic nitrogens is 3. The smallest absolute Gasteiger partial charge is 0.267 e. The number of piperidine rings is 1. The van der Waals surface area contributed by atoms with Gasteiger partial charge in [0.25, 0.3) is 5.56 Å². The van der Waals surface area contributed by atoms with Crippen molar-refractivity contribution in [2.75, 3.05) is 23.3 Å². The first-order valence-corrected chi connectivity index (χ1v) is 10.3. The SMILES string of the molecule is N#Cc1ccc(NCC2CCCCN2c2ccc(=O)n(Cc3cccc(F)c3)n2)nc1.